The third-order valence-corrected chi connectivity index (χ3v) is 4.50. The average molecular weight is 356 g/mol. The van der Waals surface area contributed by atoms with Gasteiger partial charge in [-0.2, -0.15) is 0 Å². The number of methoxy groups -OCH3 is 1. The first kappa shape index (κ1) is 17.9. The quantitative estimate of drug-likeness (QED) is 0.866. The predicted octanol–water partition coefficient (Wildman–Crippen LogP) is 2.86. The number of rotatable bonds is 6. The molecule has 1 unspecified atom stereocenters. The van der Waals surface area contributed by atoms with Crippen molar-refractivity contribution in [3.05, 3.63) is 59.9 Å². The van der Waals surface area contributed by atoms with Crippen LogP contribution in [-0.2, 0) is 16.0 Å². The summed E-state index contributed by atoms with van der Waals surface area (Å²) < 4.78 is 18.1. The second-order valence-electron chi connectivity index (χ2n) is 6.34. The highest BCUT2D eigenvalue weighted by Crippen LogP contribution is 2.21. The zero-order chi connectivity index (χ0) is 18.5. The van der Waals surface area contributed by atoms with E-state index in [1.807, 2.05) is 24.3 Å². The molecule has 136 valence electrons. The van der Waals surface area contributed by atoms with Crippen molar-refractivity contribution in [2.45, 2.75) is 12.8 Å². The van der Waals surface area contributed by atoms with Crippen LogP contribution in [0.4, 0.5) is 10.1 Å². The molecule has 26 heavy (non-hydrogen) atoms. The molecule has 3 rings (SSSR count). The van der Waals surface area contributed by atoms with Gasteiger partial charge in [-0.15, -0.1) is 0 Å². The summed E-state index contributed by atoms with van der Waals surface area (Å²) in [5, 5.41) is 2.74. The molecule has 2 aromatic rings. The summed E-state index contributed by atoms with van der Waals surface area (Å²) in [6.07, 6.45) is 0.903. The molecule has 1 N–H and O–H groups in total. The van der Waals surface area contributed by atoms with Crippen LogP contribution in [0.15, 0.2) is 48.5 Å². The van der Waals surface area contributed by atoms with Gasteiger partial charge in [0.15, 0.2) is 0 Å². The third kappa shape index (κ3) is 4.39. The number of hydrogen-bond donors (Lipinski definition) is 1. The monoisotopic (exact) mass is 356 g/mol. The minimum Gasteiger partial charge on any atom is -0.497 e. The van der Waals surface area contributed by atoms with Crippen LogP contribution in [0.1, 0.15) is 12.0 Å². The molecule has 0 saturated carbocycles. The van der Waals surface area contributed by atoms with E-state index in [2.05, 4.69) is 5.32 Å². The van der Waals surface area contributed by atoms with E-state index in [9.17, 15) is 14.0 Å². The van der Waals surface area contributed by atoms with Crippen molar-refractivity contribution in [1.29, 1.82) is 0 Å². The molecular weight excluding hydrogens is 335 g/mol. The standard InChI is InChI=1S/C20H21FN2O3/c1-26-18-4-2-3-14(11-18)9-10-23-13-15(12-19(23)24)20(25)22-17-7-5-16(21)6-8-17/h2-8,11,15H,9-10,12-13H2,1H3,(H,22,25). The maximum Gasteiger partial charge on any atom is 0.229 e. The summed E-state index contributed by atoms with van der Waals surface area (Å²) in [5.74, 6) is -0.201. The van der Waals surface area contributed by atoms with Crippen LogP contribution < -0.4 is 10.1 Å². The fraction of sp³-hybridized carbons (Fsp3) is 0.300. The Balaban J connectivity index is 1.54. The molecule has 1 aliphatic rings. The highest BCUT2D eigenvalue weighted by Gasteiger charge is 2.34. The van der Waals surface area contributed by atoms with Gasteiger partial charge in [-0.25, -0.2) is 4.39 Å². The second kappa shape index (κ2) is 7.99. The third-order valence-electron chi connectivity index (χ3n) is 4.50. The largest absolute Gasteiger partial charge is 0.497 e. The topological polar surface area (TPSA) is 58.6 Å². The summed E-state index contributed by atoms with van der Waals surface area (Å²) in [4.78, 5) is 26.3. The molecule has 1 atom stereocenters. The van der Waals surface area contributed by atoms with E-state index in [4.69, 9.17) is 4.74 Å². The Hall–Kier alpha value is -2.89. The lowest BCUT2D eigenvalue weighted by Crippen LogP contribution is -2.30. The van der Waals surface area contributed by atoms with E-state index in [1.54, 1.807) is 12.0 Å². The smallest absolute Gasteiger partial charge is 0.229 e. The molecule has 1 fully saturated rings. The molecule has 0 aliphatic carbocycles. The van der Waals surface area contributed by atoms with E-state index in [-0.39, 0.29) is 24.1 Å². The number of likely N-dealkylation sites (tertiary alicyclic amines) is 1. The number of anilines is 1. The number of amides is 2. The van der Waals surface area contributed by atoms with E-state index < -0.39 is 5.92 Å². The predicted molar refractivity (Wildman–Crippen MR) is 96.4 cm³/mol. The molecule has 1 aliphatic heterocycles. The zero-order valence-electron chi connectivity index (χ0n) is 14.6. The highest BCUT2D eigenvalue weighted by atomic mass is 19.1. The second-order valence-corrected chi connectivity index (χ2v) is 6.34. The van der Waals surface area contributed by atoms with Crippen molar-refractivity contribution < 1.29 is 18.7 Å². The van der Waals surface area contributed by atoms with Gasteiger partial charge in [0.05, 0.1) is 13.0 Å². The fourth-order valence-electron chi connectivity index (χ4n) is 3.03. The lowest BCUT2D eigenvalue weighted by molar-refractivity contribution is -0.128. The Labute approximate surface area is 151 Å². The molecule has 2 aromatic carbocycles. The number of halogens is 1. The number of nitrogens with zero attached hydrogens (tertiary/aromatic N) is 1. The molecule has 2 amide bonds. The summed E-state index contributed by atoms with van der Waals surface area (Å²) in [6.45, 7) is 0.960. The van der Waals surface area contributed by atoms with Crippen molar-refractivity contribution >= 4 is 17.5 Å². The Morgan fingerprint density at radius 3 is 2.77 bits per heavy atom. The highest BCUT2D eigenvalue weighted by molar-refractivity contribution is 5.97. The van der Waals surface area contributed by atoms with E-state index in [0.29, 0.717) is 25.2 Å². The molecule has 0 bridgehead atoms. The van der Waals surface area contributed by atoms with Gasteiger partial charge in [0.2, 0.25) is 11.8 Å². The zero-order valence-corrected chi connectivity index (χ0v) is 14.6. The number of benzene rings is 2. The van der Waals surface area contributed by atoms with Gasteiger partial charge >= 0.3 is 0 Å². The Bertz CT molecular complexity index is 792. The van der Waals surface area contributed by atoms with Crippen LogP contribution in [0, 0.1) is 11.7 Å². The normalized spacial score (nSPS) is 16.6. The van der Waals surface area contributed by atoms with Crippen molar-refractivity contribution in [3.8, 4) is 5.75 Å². The van der Waals surface area contributed by atoms with Crippen LogP contribution >= 0.6 is 0 Å². The van der Waals surface area contributed by atoms with Gasteiger partial charge in [0.25, 0.3) is 0 Å². The van der Waals surface area contributed by atoms with Crippen molar-refractivity contribution in [1.82, 2.24) is 4.90 Å². The van der Waals surface area contributed by atoms with Crippen LogP contribution in [0.2, 0.25) is 0 Å². The van der Waals surface area contributed by atoms with Gasteiger partial charge in [0.1, 0.15) is 11.6 Å². The molecule has 0 spiro atoms. The Kier molecular flexibility index (Phi) is 5.51. The lowest BCUT2D eigenvalue weighted by atomic mass is 10.1. The molecule has 5 nitrogen and oxygen atoms in total. The first-order valence-corrected chi connectivity index (χ1v) is 8.52. The van der Waals surface area contributed by atoms with Gasteiger partial charge < -0.3 is 15.0 Å². The summed E-state index contributed by atoms with van der Waals surface area (Å²) >= 11 is 0. The summed E-state index contributed by atoms with van der Waals surface area (Å²) in [6, 6.07) is 13.3. The number of hydrogen-bond acceptors (Lipinski definition) is 3. The Morgan fingerprint density at radius 2 is 2.04 bits per heavy atom. The first-order valence-electron chi connectivity index (χ1n) is 8.52. The maximum atomic E-state index is 12.9. The van der Waals surface area contributed by atoms with Crippen LogP contribution in [-0.4, -0.2) is 36.9 Å². The van der Waals surface area contributed by atoms with Crippen LogP contribution in [0.3, 0.4) is 0 Å². The molecule has 1 saturated heterocycles. The van der Waals surface area contributed by atoms with Gasteiger partial charge in [-0.1, -0.05) is 12.1 Å². The number of nitrogens with one attached hydrogen (secondary N) is 1. The average Bonchev–Trinajstić information content (AvgIpc) is 3.03. The van der Waals surface area contributed by atoms with Crippen molar-refractivity contribution in [2.24, 2.45) is 5.92 Å². The fourth-order valence-corrected chi connectivity index (χ4v) is 3.03. The van der Waals surface area contributed by atoms with Crippen LogP contribution in [0.25, 0.3) is 0 Å². The van der Waals surface area contributed by atoms with E-state index in [1.165, 1.54) is 24.3 Å². The Morgan fingerprint density at radius 1 is 1.27 bits per heavy atom. The minimum absolute atomic E-state index is 0.0212. The van der Waals surface area contributed by atoms with Crippen molar-refractivity contribution in [2.75, 3.05) is 25.5 Å². The van der Waals surface area contributed by atoms with Gasteiger partial charge in [-0.3, -0.25) is 9.59 Å². The first-order chi connectivity index (χ1) is 12.5. The number of ether oxygens (including phenoxy) is 1. The van der Waals surface area contributed by atoms with Crippen LogP contribution in [0.5, 0.6) is 5.75 Å². The van der Waals surface area contributed by atoms with E-state index >= 15 is 0 Å². The lowest BCUT2D eigenvalue weighted by Gasteiger charge is -2.17. The minimum atomic E-state index is -0.391. The SMILES string of the molecule is COc1cccc(CCN2CC(C(=O)Nc3ccc(F)cc3)CC2=O)c1. The number of carbonyl (C=O) groups excluding carboxylic acids is 2. The molecule has 6 heteroatoms. The van der Waals surface area contributed by atoms with E-state index in [0.717, 1.165) is 11.3 Å². The van der Waals surface area contributed by atoms with Crippen molar-refractivity contribution in [3.63, 3.8) is 0 Å². The number of carbonyl (C=O) groups is 2. The van der Waals surface area contributed by atoms with Gasteiger partial charge in [-0.05, 0) is 48.4 Å². The maximum absolute atomic E-state index is 12.9. The molecule has 1 heterocycles. The summed E-state index contributed by atoms with van der Waals surface area (Å²) in [7, 11) is 1.62. The molecule has 0 aromatic heterocycles. The molecular formula is C20H21FN2O3. The molecule has 0 radical (unpaired) electrons. The summed E-state index contributed by atoms with van der Waals surface area (Å²) in [5.41, 5.74) is 1.61. The van der Waals surface area contributed by atoms with Gasteiger partial charge in [0, 0.05) is 25.2 Å².